The standard InChI is InChI=1S/C24H27FN2O4/c1-5-30-23(28)21-20(14-31-17-12-10-16(11-13-17)15(2)3)27(4)24(29)26-22(21)18-8-6-7-9-19(18)25/h6-13,15,22H,5,14H2,1-4H3,(H,26,29)/t22-/m0/s1. The Bertz CT molecular complexity index is 985. The van der Waals surface area contributed by atoms with Crippen molar-refractivity contribution in [2.45, 2.75) is 32.7 Å². The van der Waals surface area contributed by atoms with E-state index in [0.717, 1.165) is 0 Å². The molecule has 0 saturated heterocycles. The maximum absolute atomic E-state index is 14.5. The number of esters is 1. The number of ether oxygens (including phenoxy) is 2. The van der Waals surface area contributed by atoms with E-state index in [1.807, 2.05) is 24.3 Å². The number of nitrogens with one attached hydrogen (secondary N) is 1. The van der Waals surface area contributed by atoms with E-state index in [1.54, 1.807) is 19.1 Å². The van der Waals surface area contributed by atoms with E-state index in [0.29, 0.717) is 17.4 Å². The minimum atomic E-state index is -0.981. The van der Waals surface area contributed by atoms with Crippen molar-refractivity contribution in [3.63, 3.8) is 0 Å². The molecule has 0 bridgehead atoms. The first-order valence-electron chi connectivity index (χ1n) is 10.2. The Kier molecular flexibility index (Phi) is 6.95. The van der Waals surface area contributed by atoms with Crippen LogP contribution < -0.4 is 10.1 Å². The van der Waals surface area contributed by atoms with Crippen molar-refractivity contribution in [1.29, 1.82) is 0 Å². The van der Waals surface area contributed by atoms with Crippen LogP contribution in [0.4, 0.5) is 9.18 Å². The fourth-order valence-electron chi connectivity index (χ4n) is 3.42. The second kappa shape index (κ2) is 9.64. The first kappa shape index (κ1) is 22.3. The Morgan fingerprint density at radius 3 is 2.45 bits per heavy atom. The highest BCUT2D eigenvalue weighted by Gasteiger charge is 2.38. The summed E-state index contributed by atoms with van der Waals surface area (Å²) >= 11 is 0. The van der Waals surface area contributed by atoms with Gasteiger partial charge in [-0.05, 0) is 36.6 Å². The molecule has 1 aliphatic heterocycles. The highest BCUT2D eigenvalue weighted by molar-refractivity contribution is 5.95. The maximum atomic E-state index is 14.5. The summed E-state index contributed by atoms with van der Waals surface area (Å²) in [5.41, 5.74) is 1.83. The molecule has 3 rings (SSSR count). The average molecular weight is 426 g/mol. The number of rotatable bonds is 7. The number of hydrogen-bond donors (Lipinski definition) is 1. The minimum Gasteiger partial charge on any atom is -0.487 e. The zero-order valence-electron chi connectivity index (χ0n) is 18.1. The zero-order chi connectivity index (χ0) is 22.5. The Morgan fingerprint density at radius 2 is 1.84 bits per heavy atom. The van der Waals surface area contributed by atoms with Gasteiger partial charge in [0.15, 0.2) is 0 Å². The van der Waals surface area contributed by atoms with Crippen LogP contribution in [-0.2, 0) is 9.53 Å². The SMILES string of the molecule is CCOC(=O)C1=C(COc2ccc(C(C)C)cc2)N(C)C(=O)N[C@H]1c1ccccc1F. The molecular formula is C24H27FN2O4. The van der Waals surface area contributed by atoms with Crippen LogP contribution in [0.1, 0.15) is 43.9 Å². The smallest absolute Gasteiger partial charge is 0.338 e. The molecule has 0 fully saturated rings. The first-order chi connectivity index (χ1) is 14.8. The van der Waals surface area contributed by atoms with E-state index in [1.165, 1.54) is 29.6 Å². The molecule has 6 nitrogen and oxygen atoms in total. The van der Waals surface area contributed by atoms with Crippen molar-refractivity contribution in [1.82, 2.24) is 10.2 Å². The second-order valence-electron chi connectivity index (χ2n) is 7.56. The summed E-state index contributed by atoms with van der Waals surface area (Å²) in [5.74, 6) is -0.163. The van der Waals surface area contributed by atoms with Crippen molar-refractivity contribution in [2.24, 2.45) is 0 Å². The van der Waals surface area contributed by atoms with Crippen molar-refractivity contribution in [3.8, 4) is 5.75 Å². The van der Waals surface area contributed by atoms with Crippen LogP contribution in [0, 0.1) is 5.82 Å². The molecule has 1 aliphatic rings. The number of benzene rings is 2. The number of hydrogen-bond acceptors (Lipinski definition) is 4. The first-order valence-corrected chi connectivity index (χ1v) is 10.2. The van der Waals surface area contributed by atoms with Crippen molar-refractivity contribution >= 4 is 12.0 Å². The maximum Gasteiger partial charge on any atom is 0.338 e. The summed E-state index contributed by atoms with van der Waals surface area (Å²) in [6.45, 7) is 5.99. The number of carbonyl (C=O) groups is 2. The molecule has 1 N–H and O–H groups in total. The van der Waals surface area contributed by atoms with Gasteiger partial charge in [-0.25, -0.2) is 14.0 Å². The van der Waals surface area contributed by atoms with Gasteiger partial charge in [-0.15, -0.1) is 0 Å². The predicted molar refractivity (Wildman–Crippen MR) is 115 cm³/mol. The van der Waals surface area contributed by atoms with Gasteiger partial charge in [0.05, 0.1) is 23.9 Å². The molecule has 0 aromatic heterocycles. The third-order valence-electron chi connectivity index (χ3n) is 5.21. The van der Waals surface area contributed by atoms with E-state index in [-0.39, 0.29) is 24.4 Å². The Balaban J connectivity index is 1.99. The van der Waals surface area contributed by atoms with Crippen molar-refractivity contribution in [2.75, 3.05) is 20.3 Å². The highest BCUT2D eigenvalue weighted by Crippen LogP contribution is 2.32. The van der Waals surface area contributed by atoms with Crippen LogP contribution in [0.3, 0.4) is 0 Å². The van der Waals surface area contributed by atoms with Crippen LogP contribution in [0.2, 0.25) is 0 Å². The molecular weight excluding hydrogens is 399 g/mol. The van der Waals surface area contributed by atoms with Crippen molar-refractivity contribution in [3.05, 3.63) is 76.7 Å². The second-order valence-corrected chi connectivity index (χ2v) is 7.56. The zero-order valence-corrected chi connectivity index (χ0v) is 18.1. The summed E-state index contributed by atoms with van der Waals surface area (Å²) in [5, 5.41) is 2.69. The van der Waals surface area contributed by atoms with Gasteiger partial charge >= 0.3 is 12.0 Å². The summed E-state index contributed by atoms with van der Waals surface area (Å²) in [6, 6.07) is 12.2. The van der Waals surface area contributed by atoms with Gasteiger partial charge in [0, 0.05) is 12.6 Å². The lowest BCUT2D eigenvalue weighted by atomic mass is 9.94. The monoisotopic (exact) mass is 426 g/mol. The van der Waals surface area contributed by atoms with Gasteiger partial charge in [0.1, 0.15) is 18.2 Å². The lowest BCUT2D eigenvalue weighted by Gasteiger charge is -2.34. The van der Waals surface area contributed by atoms with Crippen LogP contribution in [-0.4, -0.2) is 37.2 Å². The van der Waals surface area contributed by atoms with E-state index in [4.69, 9.17) is 9.47 Å². The summed E-state index contributed by atoms with van der Waals surface area (Å²) in [6.07, 6.45) is 0. The summed E-state index contributed by atoms with van der Waals surface area (Å²) in [4.78, 5) is 26.8. The lowest BCUT2D eigenvalue weighted by molar-refractivity contribution is -0.139. The Morgan fingerprint density at radius 1 is 1.16 bits per heavy atom. The number of carbonyl (C=O) groups excluding carboxylic acids is 2. The normalized spacial score (nSPS) is 16.4. The third kappa shape index (κ3) is 4.87. The van der Waals surface area contributed by atoms with Gasteiger partial charge in [0.2, 0.25) is 0 Å². The molecule has 7 heteroatoms. The minimum absolute atomic E-state index is 0.0515. The molecule has 1 atom stereocenters. The van der Waals surface area contributed by atoms with Crippen LogP contribution in [0.25, 0.3) is 0 Å². The van der Waals surface area contributed by atoms with Gasteiger partial charge < -0.3 is 14.8 Å². The molecule has 164 valence electrons. The Labute approximate surface area is 181 Å². The molecule has 0 spiro atoms. The van der Waals surface area contributed by atoms with E-state index in [9.17, 15) is 14.0 Å². The van der Waals surface area contributed by atoms with Crippen LogP contribution >= 0.6 is 0 Å². The fourth-order valence-corrected chi connectivity index (χ4v) is 3.42. The number of likely N-dealkylation sites (N-methyl/N-ethyl adjacent to an activating group) is 1. The quantitative estimate of drug-likeness (QED) is 0.660. The van der Waals surface area contributed by atoms with Gasteiger partial charge in [-0.1, -0.05) is 44.2 Å². The highest BCUT2D eigenvalue weighted by atomic mass is 19.1. The third-order valence-corrected chi connectivity index (χ3v) is 5.21. The van der Waals surface area contributed by atoms with E-state index < -0.39 is 23.9 Å². The molecule has 0 radical (unpaired) electrons. The number of halogens is 1. The average Bonchev–Trinajstić information content (AvgIpc) is 2.75. The van der Waals surface area contributed by atoms with Gasteiger partial charge in [-0.3, -0.25) is 4.90 Å². The topological polar surface area (TPSA) is 67.9 Å². The Hall–Kier alpha value is -3.35. The molecule has 31 heavy (non-hydrogen) atoms. The molecule has 2 amide bonds. The van der Waals surface area contributed by atoms with Crippen LogP contribution in [0.15, 0.2) is 59.8 Å². The van der Waals surface area contributed by atoms with E-state index >= 15 is 0 Å². The fraction of sp³-hybridized carbons (Fsp3) is 0.333. The summed E-state index contributed by atoms with van der Waals surface area (Å²) < 4.78 is 25.6. The lowest BCUT2D eigenvalue weighted by Crippen LogP contribution is -2.48. The van der Waals surface area contributed by atoms with Gasteiger partial charge in [-0.2, -0.15) is 0 Å². The molecule has 0 saturated carbocycles. The molecule has 0 aliphatic carbocycles. The molecule has 2 aromatic rings. The number of nitrogens with zero attached hydrogens (tertiary/aromatic N) is 1. The van der Waals surface area contributed by atoms with Crippen LogP contribution in [0.5, 0.6) is 5.75 Å². The number of amides is 2. The van der Waals surface area contributed by atoms with E-state index in [2.05, 4.69) is 19.2 Å². The predicted octanol–water partition coefficient (Wildman–Crippen LogP) is 4.54. The van der Waals surface area contributed by atoms with Gasteiger partial charge in [0.25, 0.3) is 0 Å². The van der Waals surface area contributed by atoms with Crippen molar-refractivity contribution < 1.29 is 23.5 Å². The molecule has 2 aromatic carbocycles. The summed E-state index contributed by atoms with van der Waals surface area (Å²) in [7, 11) is 1.53. The molecule has 0 unspecified atom stereocenters. The number of urea groups is 1. The largest absolute Gasteiger partial charge is 0.487 e. The molecule has 1 heterocycles.